The average molecular weight is 391 g/mol. The monoisotopic (exact) mass is 390 g/mol. The number of hydrogen-bond donors (Lipinski definition) is 1. The number of amides is 2. The first-order valence-corrected chi connectivity index (χ1v) is 10.3. The lowest BCUT2D eigenvalue weighted by Gasteiger charge is -2.35. The fourth-order valence-electron chi connectivity index (χ4n) is 3.75. The molecule has 6 nitrogen and oxygen atoms in total. The van der Waals surface area contributed by atoms with Crippen molar-refractivity contribution in [3.8, 4) is 0 Å². The van der Waals surface area contributed by atoms with E-state index in [1.54, 1.807) is 13.0 Å². The molecule has 1 N–H and O–H groups in total. The number of piperazine rings is 1. The van der Waals surface area contributed by atoms with E-state index in [4.69, 9.17) is 0 Å². The summed E-state index contributed by atoms with van der Waals surface area (Å²) in [7, 11) is 0. The first-order valence-electron chi connectivity index (χ1n) is 10.3. The SMILES string of the molecule is Cc1ccc(CNC(=O)CN2CCN(CC(=O)N3CCCCC3)CC2)cc1F. The van der Waals surface area contributed by atoms with E-state index in [-0.39, 0.29) is 17.6 Å². The minimum absolute atomic E-state index is 0.0566. The molecule has 7 heteroatoms. The summed E-state index contributed by atoms with van der Waals surface area (Å²) in [4.78, 5) is 30.8. The summed E-state index contributed by atoms with van der Waals surface area (Å²) < 4.78 is 13.6. The average Bonchev–Trinajstić information content (AvgIpc) is 2.71. The van der Waals surface area contributed by atoms with Gasteiger partial charge in [0.1, 0.15) is 5.82 Å². The Balaban J connectivity index is 1.34. The Kier molecular flexibility index (Phi) is 7.39. The Morgan fingerprint density at radius 2 is 1.61 bits per heavy atom. The van der Waals surface area contributed by atoms with Crippen molar-refractivity contribution >= 4 is 11.8 Å². The number of rotatable bonds is 6. The van der Waals surface area contributed by atoms with E-state index in [0.29, 0.717) is 25.2 Å². The molecule has 28 heavy (non-hydrogen) atoms. The Morgan fingerprint density at radius 3 is 2.25 bits per heavy atom. The molecule has 0 aliphatic carbocycles. The van der Waals surface area contributed by atoms with E-state index in [0.717, 1.165) is 57.7 Å². The van der Waals surface area contributed by atoms with E-state index in [9.17, 15) is 14.0 Å². The van der Waals surface area contributed by atoms with Gasteiger partial charge in [-0.15, -0.1) is 0 Å². The van der Waals surface area contributed by atoms with Crippen LogP contribution in [0.2, 0.25) is 0 Å². The third-order valence-electron chi connectivity index (χ3n) is 5.63. The molecule has 1 aromatic carbocycles. The molecule has 1 aromatic rings. The molecule has 154 valence electrons. The number of carbonyl (C=O) groups is 2. The highest BCUT2D eigenvalue weighted by atomic mass is 19.1. The van der Waals surface area contributed by atoms with Crippen LogP contribution in [0.3, 0.4) is 0 Å². The van der Waals surface area contributed by atoms with Gasteiger partial charge in [-0.25, -0.2) is 4.39 Å². The highest BCUT2D eigenvalue weighted by Crippen LogP contribution is 2.11. The first-order chi connectivity index (χ1) is 13.5. The Labute approximate surface area is 166 Å². The number of nitrogens with one attached hydrogen (secondary N) is 1. The molecule has 2 heterocycles. The topological polar surface area (TPSA) is 55.9 Å². The summed E-state index contributed by atoms with van der Waals surface area (Å²) in [5.74, 6) is -0.0722. The fourth-order valence-corrected chi connectivity index (χ4v) is 3.75. The van der Waals surface area contributed by atoms with Crippen molar-refractivity contribution in [2.24, 2.45) is 0 Å². The van der Waals surface area contributed by atoms with E-state index in [1.807, 2.05) is 11.0 Å². The largest absolute Gasteiger partial charge is 0.351 e. The summed E-state index contributed by atoms with van der Waals surface area (Å²) in [5, 5.41) is 2.86. The van der Waals surface area contributed by atoms with Crippen molar-refractivity contribution in [2.75, 3.05) is 52.4 Å². The van der Waals surface area contributed by atoms with Gasteiger partial charge in [-0.2, -0.15) is 0 Å². The van der Waals surface area contributed by atoms with Gasteiger partial charge in [-0.3, -0.25) is 19.4 Å². The number of carbonyl (C=O) groups excluding carboxylic acids is 2. The van der Waals surface area contributed by atoms with Crippen LogP contribution in [0, 0.1) is 12.7 Å². The second-order valence-electron chi connectivity index (χ2n) is 7.85. The molecule has 0 atom stereocenters. The molecule has 0 radical (unpaired) electrons. The van der Waals surface area contributed by atoms with Crippen molar-refractivity contribution in [3.63, 3.8) is 0 Å². The Morgan fingerprint density at radius 1 is 0.964 bits per heavy atom. The highest BCUT2D eigenvalue weighted by molar-refractivity contribution is 5.78. The maximum absolute atomic E-state index is 13.6. The van der Waals surface area contributed by atoms with Gasteiger partial charge in [-0.1, -0.05) is 12.1 Å². The van der Waals surface area contributed by atoms with Crippen LogP contribution < -0.4 is 5.32 Å². The summed E-state index contributed by atoms with van der Waals surface area (Å²) >= 11 is 0. The van der Waals surface area contributed by atoms with Gasteiger partial charge in [0.25, 0.3) is 0 Å². The minimum Gasteiger partial charge on any atom is -0.351 e. The maximum atomic E-state index is 13.6. The van der Waals surface area contributed by atoms with Gasteiger partial charge in [0.15, 0.2) is 0 Å². The number of aryl methyl sites for hydroxylation is 1. The maximum Gasteiger partial charge on any atom is 0.236 e. The van der Waals surface area contributed by atoms with E-state index in [2.05, 4.69) is 15.1 Å². The number of halogens is 1. The molecule has 2 aliphatic heterocycles. The molecule has 2 saturated heterocycles. The molecular weight excluding hydrogens is 359 g/mol. The second kappa shape index (κ2) is 9.98. The quantitative estimate of drug-likeness (QED) is 0.797. The van der Waals surface area contributed by atoms with Gasteiger partial charge >= 0.3 is 0 Å². The molecule has 0 bridgehead atoms. The predicted octanol–water partition coefficient (Wildman–Crippen LogP) is 1.38. The van der Waals surface area contributed by atoms with Gasteiger partial charge in [0.05, 0.1) is 13.1 Å². The van der Waals surface area contributed by atoms with Crippen molar-refractivity contribution < 1.29 is 14.0 Å². The number of benzene rings is 1. The molecule has 2 fully saturated rings. The lowest BCUT2D eigenvalue weighted by atomic mass is 10.1. The lowest BCUT2D eigenvalue weighted by molar-refractivity contribution is -0.134. The molecule has 0 aromatic heterocycles. The number of likely N-dealkylation sites (tertiary alicyclic amines) is 1. The van der Waals surface area contributed by atoms with Crippen LogP contribution in [0.5, 0.6) is 0 Å². The van der Waals surface area contributed by atoms with Crippen LogP contribution in [0.25, 0.3) is 0 Å². The van der Waals surface area contributed by atoms with Crippen LogP contribution in [0.1, 0.15) is 30.4 Å². The number of piperidine rings is 1. The number of hydrogen-bond acceptors (Lipinski definition) is 4. The third-order valence-corrected chi connectivity index (χ3v) is 5.63. The second-order valence-corrected chi connectivity index (χ2v) is 7.85. The van der Waals surface area contributed by atoms with Crippen molar-refractivity contribution in [3.05, 3.63) is 35.1 Å². The smallest absolute Gasteiger partial charge is 0.236 e. The van der Waals surface area contributed by atoms with Gasteiger partial charge in [0, 0.05) is 45.8 Å². The van der Waals surface area contributed by atoms with Crippen LogP contribution in [-0.2, 0) is 16.1 Å². The predicted molar refractivity (Wildman–Crippen MR) is 106 cm³/mol. The zero-order valence-electron chi connectivity index (χ0n) is 16.8. The molecule has 3 rings (SSSR count). The standard InChI is InChI=1S/C21H31FN4O2/c1-17-5-6-18(13-19(17)22)14-23-20(27)15-24-9-11-25(12-10-24)16-21(28)26-7-3-2-4-8-26/h5-6,13H,2-4,7-12,14-16H2,1H3,(H,23,27). The van der Waals surface area contributed by atoms with Crippen LogP contribution in [-0.4, -0.2) is 78.9 Å². The van der Waals surface area contributed by atoms with Gasteiger partial charge in [-0.05, 0) is 43.4 Å². The molecule has 0 spiro atoms. The zero-order chi connectivity index (χ0) is 19.9. The van der Waals surface area contributed by atoms with Crippen molar-refractivity contribution in [2.45, 2.75) is 32.7 Å². The normalized spacial score (nSPS) is 18.9. The minimum atomic E-state index is -0.248. The summed E-state index contributed by atoms with van der Waals surface area (Å²) in [5.41, 5.74) is 1.37. The summed E-state index contributed by atoms with van der Waals surface area (Å²) in [6.45, 7) is 7.82. The van der Waals surface area contributed by atoms with E-state index >= 15 is 0 Å². The lowest BCUT2D eigenvalue weighted by Crippen LogP contribution is -2.52. The summed E-state index contributed by atoms with van der Waals surface area (Å²) in [6, 6.07) is 5.02. The molecule has 2 amide bonds. The Hall–Kier alpha value is -1.99. The van der Waals surface area contributed by atoms with Crippen molar-refractivity contribution in [1.29, 1.82) is 0 Å². The summed E-state index contributed by atoms with van der Waals surface area (Å²) in [6.07, 6.45) is 3.46. The van der Waals surface area contributed by atoms with Gasteiger partial charge in [0.2, 0.25) is 11.8 Å². The van der Waals surface area contributed by atoms with Crippen LogP contribution in [0.4, 0.5) is 4.39 Å². The zero-order valence-corrected chi connectivity index (χ0v) is 16.8. The van der Waals surface area contributed by atoms with Gasteiger partial charge < -0.3 is 10.2 Å². The first kappa shape index (κ1) is 20.7. The third kappa shape index (κ3) is 6.01. The number of nitrogens with zero attached hydrogens (tertiary/aromatic N) is 3. The van der Waals surface area contributed by atoms with E-state index < -0.39 is 0 Å². The molecule has 0 unspecified atom stereocenters. The molecule has 2 aliphatic rings. The van der Waals surface area contributed by atoms with E-state index in [1.165, 1.54) is 12.5 Å². The van der Waals surface area contributed by atoms with Crippen molar-refractivity contribution in [1.82, 2.24) is 20.0 Å². The van der Waals surface area contributed by atoms with Crippen LogP contribution >= 0.6 is 0 Å². The molecular formula is C21H31FN4O2. The highest BCUT2D eigenvalue weighted by Gasteiger charge is 2.23. The Bertz CT molecular complexity index is 683. The van der Waals surface area contributed by atoms with Crippen LogP contribution in [0.15, 0.2) is 18.2 Å². The molecule has 0 saturated carbocycles. The fraction of sp³-hybridized carbons (Fsp3) is 0.619.